The van der Waals surface area contributed by atoms with Gasteiger partial charge < -0.3 is 10.2 Å². The summed E-state index contributed by atoms with van der Waals surface area (Å²) >= 11 is 0. The molecular weight excluding hydrogens is 218 g/mol. The predicted molar refractivity (Wildman–Crippen MR) is 64.4 cm³/mol. The number of rotatable bonds is 4. The molecule has 1 aromatic rings. The van der Waals surface area contributed by atoms with Crippen molar-refractivity contribution in [3.63, 3.8) is 0 Å². The molecule has 3 nitrogen and oxygen atoms in total. The Labute approximate surface area is 101 Å². The van der Waals surface area contributed by atoms with Crippen LogP contribution in [0.1, 0.15) is 23.2 Å². The van der Waals surface area contributed by atoms with E-state index in [1.807, 2.05) is 0 Å². The van der Waals surface area contributed by atoms with Gasteiger partial charge in [-0.1, -0.05) is 0 Å². The van der Waals surface area contributed by atoms with E-state index in [0.29, 0.717) is 12.1 Å². The van der Waals surface area contributed by atoms with E-state index < -0.39 is 0 Å². The van der Waals surface area contributed by atoms with E-state index in [1.165, 1.54) is 37.1 Å². The monoisotopic (exact) mass is 235 g/mol. The Morgan fingerprint density at radius 1 is 1.24 bits per heavy atom. The lowest BCUT2D eigenvalue weighted by Gasteiger charge is -2.14. The highest BCUT2D eigenvalue weighted by atomic mass is 18.2. The van der Waals surface area contributed by atoms with Crippen LogP contribution >= 0.6 is 0 Å². The Hall–Kier alpha value is -1.42. The number of amides is 1. The SMILES string of the molecule is O=C(NCCN1CCCC1)c1ccc([18F])cc1. The number of carbonyl (C=O) groups is 1. The Morgan fingerprint density at radius 3 is 2.53 bits per heavy atom. The largest absolute Gasteiger partial charge is 0.351 e. The van der Waals surface area contributed by atoms with Crippen molar-refractivity contribution in [3.05, 3.63) is 35.6 Å². The van der Waals surface area contributed by atoms with Gasteiger partial charge in [-0.3, -0.25) is 4.79 Å². The zero-order valence-electron chi connectivity index (χ0n) is 9.79. The van der Waals surface area contributed by atoms with Crippen LogP contribution in [0, 0.1) is 5.82 Å². The van der Waals surface area contributed by atoms with Crippen LogP contribution < -0.4 is 5.32 Å². The molecular formula is C13H17FN2O. The molecule has 0 radical (unpaired) electrons. The molecule has 0 aromatic heterocycles. The van der Waals surface area contributed by atoms with E-state index in [2.05, 4.69) is 10.2 Å². The highest BCUT2D eigenvalue weighted by Gasteiger charge is 2.11. The first-order valence-corrected chi connectivity index (χ1v) is 6.02. The highest BCUT2D eigenvalue weighted by Crippen LogP contribution is 2.06. The minimum Gasteiger partial charge on any atom is -0.351 e. The maximum absolute atomic E-state index is 12.7. The minimum absolute atomic E-state index is 0.135. The molecule has 1 aliphatic rings. The van der Waals surface area contributed by atoms with E-state index in [4.69, 9.17) is 0 Å². The smallest absolute Gasteiger partial charge is 0.251 e. The van der Waals surface area contributed by atoms with Crippen LogP contribution in [0.25, 0.3) is 0 Å². The van der Waals surface area contributed by atoms with E-state index >= 15 is 0 Å². The maximum atomic E-state index is 12.7. The highest BCUT2D eigenvalue weighted by molar-refractivity contribution is 5.94. The van der Waals surface area contributed by atoms with Crippen molar-refractivity contribution in [2.24, 2.45) is 0 Å². The molecule has 0 spiro atoms. The van der Waals surface area contributed by atoms with Gasteiger partial charge in [-0.25, -0.2) is 4.39 Å². The standard InChI is InChI=1S/C13H17FN2O/c14-12-5-3-11(4-6-12)13(17)15-7-10-16-8-1-2-9-16/h3-6H,1-2,7-10H2,(H,15,17)/i14-1. The number of hydrogen-bond acceptors (Lipinski definition) is 2. The van der Waals surface area contributed by atoms with Crippen molar-refractivity contribution in [2.45, 2.75) is 12.8 Å². The Kier molecular flexibility index (Phi) is 4.09. The molecule has 1 N–H and O–H groups in total. The Bertz CT molecular complexity index is 372. The van der Waals surface area contributed by atoms with Gasteiger partial charge in [0, 0.05) is 18.7 Å². The zero-order valence-corrected chi connectivity index (χ0v) is 9.79. The summed E-state index contributed by atoms with van der Waals surface area (Å²) in [6.45, 7) is 3.81. The normalized spacial score (nSPS) is 16.1. The van der Waals surface area contributed by atoms with E-state index in [0.717, 1.165) is 19.6 Å². The molecule has 1 aliphatic heterocycles. The van der Waals surface area contributed by atoms with Crippen LogP contribution in [0.4, 0.5) is 4.39 Å². The molecule has 1 amide bonds. The number of hydrogen-bond donors (Lipinski definition) is 1. The third-order valence-electron chi connectivity index (χ3n) is 3.02. The molecule has 92 valence electrons. The number of nitrogens with one attached hydrogen (secondary N) is 1. The van der Waals surface area contributed by atoms with Crippen molar-refractivity contribution in [3.8, 4) is 0 Å². The molecule has 0 bridgehead atoms. The van der Waals surface area contributed by atoms with Crippen LogP contribution in [-0.2, 0) is 0 Å². The molecule has 0 unspecified atom stereocenters. The predicted octanol–water partition coefficient (Wildman–Crippen LogP) is 1.65. The number of carbonyl (C=O) groups excluding carboxylic acids is 1. The number of nitrogens with zero attached hydrogens (tertiary/aromatic N) is 1. The van der Waals surface area contributed by atoms with Crippen molar-refractivity contribution < 1.29 is 9.18 Å². The summed E-state index contributed by atoms with van der Waals surface area (Å²) in [5.41, 5.74) is 0.507. The van der Waals surface area contributed by atoms with Gasteiger partial charge in [-0.05, 0) is 50.2 Å². The molecule has 0 aliphatic carbocycles. The summed E-state index contributed by atoms with van der Waals surface area (Å²) < 4.78 is 12.7. The third kappa shape index (κ3) is 3.53. The summed E-state index contributed by atoms with van der Waals surface area (Å²) in [5, 5.41) is 2.84. The zero-order chi connectivity index (χ0) is 12.1. The Morgan fingerprint density at radius 2 is 1.88 bits per heavy atom. The summed E-state index contributed by atoms with van der Waals surface area (Å²) in [6.07, 6.45) is 2.51. The molecule has 1 heterocycles. The van der Waals surface area contributed by atoms with Gasteiger partial charge in [-0.15, -0.1) is 0 Å². The third-order valence-corrected chi connectivity index (χ3v) is 3.02. The number of benzene rings is 1. The molecule has 2 rings (SSSR count). The van der Waals surface area contributed by atoms with Gasteiger partial charge in [0.2, 0.25) is 0 Å². The molecule has 17 heavy (non-hydrogen) atoms. The first-order valence-electron chi connectivity index (χ1n) is 6.02. The quantitative estimate of drug-likeness (QED) is 0.860. The summed E-state index contributed by atoms with van der Waals surface area (Å²) in [7, 11) is 0. The van der Waals surface area contributed by atoms with Gasteiger partial charge in [0.05, 0.1) is 0 Å². The molecule has 0 atom stereocenters. The second-order valence-corrected chi connectivity index (χ2v) is 4.31. The second kappa shape index (κ2) is 5.77. The fourth-order valence-corrected chi connectivity index (χ4v) is 2.04. The van der Waals surface area contributed by atoms with Crippen LogP contribution in [0.2, 0.25) is 0 Å². The van der Waals surface area contributed by atoms with Crippen molar-refractivity contribution in [2.75, 3.05) is 26.2 Å². The second-order valence-electron chi connectivity index (χ2n) is 4.31. The van der Waals surface area contributed by atoms with Crippen LogP contribution in [0.5, 0.6) is 0 Å². The Balaban J connectivity index is 1.75. The average Bonchev–Trinajstić information content (AvgIpc) is 2.83. The number of halogens is 1. The lowest BCUT2D eigenvalue weighted by Crippen LogP contribution is -2.33. The van der Waals surface area contributed by atoms with Crippen LogP contribution in [0.3, 0.4) is 0 Å². The molecule has 1 saturated heterocycles. The van der Waals surface area contributed by atoms with Crippen LogP contribution in [0.15, 0.2) is 24.3 Å². The lowest BCUT2D eigenvalue weighted by molar-refractivity contribution is 0.0949. The van der Waals surface area contributed by atoms with Gasteiger partial charge in [-0.2, -0.15) is 0 Å². The fourth-order valence-electron chi connectivity index (χ4n) is 2.04. The first-order chi connectivity index (χ1) is 8.25. The van der Waals surface area contributed by atoms with Crippen molar-refractivity contribution in [1.29, 1.82) is 0 Å². The van der Waals surface area contributed by atoms with Crippen LogP contribution in [-0.4, -0.2) is 37.0 Å². The van der Waals surface area contributed by atoms with Crippen molar-refractivity contribution >= 4 is 5.91 Å². The first kappa shape index (κ1) is 12.0. The lowest BCUT2D eigenvalue weighted by atomic mass is 10.2. The topological polar surface area (TPSA) is 32.3 Å². The van der Waals surface area contributed by atoms with Gasteiger partial charge in [0.15, 0.2) is 0 Å². The van der Waals surface area contributed by atoms with E-state index in [-0.39, 0.29) is 11.7 Å². The van der Waals surface area contributed by atoms with Gasteiger partial charge in [0.25, 0.3) is 5.91 Å². The molecule has 1 aromatic carbocycles. The number of likely N-dealkylation sites (tertiary alicyclic amines) is 1. The average molecular weight is 235 g/mol. The van der Waals surface area contributed by atoms with E-state index in [9.17, 15) is 9.18 Å². The minimum atomic E-state index is -0.321. The maximum Gasteiger partial charge on any atom is 0.251 e. The molecule has 1 fully saturated rings. The van der Waals surface area contributed by atoms with E-state index in [1.54, 1.807) is 0 Å². The summed E-state index contributed by atoms with van der Waals surface area (Å²) in [4.78, 5) is 14.0. The summed E-state index contributed by atoms with van der Waals surface area (Å²) in [6, 6.07) is 5.60. The van der Waals surface area contributed by atoms with Gasteiger partial charge in [0.1, 0.15) is 5.82 Å². The molecule has 4 heteroatoms. The molecule has 0 saturated carbocycles. The van der Waals surface area contributed by atoms with Gasteiger partial charge >= 0.3 is 0 Å². The fraction of sp³-hybridized carbons (Fsp3) is 0.462. The summed E-state index contributed by atoms with van der Waals surface area (Å²) in [5.74, 6) is -0.456. The van der Waals surface area contributed by atoms with Crippen molar-refractivity contribution in [1.82, 2.24) is 10.2 Å².